The third-order valence-electron chi connectivity index (χ3n) is 0. The molecule has 0 aliphatic carbocycles. The quantitative estimate of drug-likeness (QED) is 0.195. The molecule has 0 radical (unpaired) electrons. The molecule has 0 aliphatic heterocycles. The Balaban J connectivity index is -0.0000000122. The minimum absolute atomic E-state index is 0. The number of hydrogen-bond donors (Lipinski definition) is 7. The fourth-order valence-electron chi connectivity index (χ4n) is 0. The molecule has 0 atom stereocenters. The Bertz CT molecular complexity index is 25.2. The van der Waals surface area contributed by atoms with Crippen LogP contribution in [0, 0.1) is 0 Å². The first-order chi connectivity index (χ1) is 5.73. The molecule has 82 valence electrons. The van der Waals surface area contributed by atoms with Gasteiger partial charge in [0.1, 0.15) is 0 Å². The molecule has 9 heteroatoms. The molecule has 0 heterocycles. The number of aliphatic hydroxyl groups excluding tert-OH is 4. The molecule has 0 saturated carbocycles. The molecule has 0 fully saturated rings. The van der Waals surface area contributed by atoms with Crippen molar-refractivity contribution < 1.29 is 35.5 Å². The second kappa shape index (κ2) is 140. The van der Waals surface area contributed by atoms with Crippen molar-refractivity contribution in [3.05, 3.63) is 0 Å². The predicted octanol–water partition coefficient (Wildman–Crippen LogP) is -4.27. The Morgan fingerprint density at radius 2 is 0.538 bits per heavy atom. The van der Waals surface area contributed by atoms with Crippen molar-refractivity contribution >= 4 is 26.2 Å². The van der Waals surface area contributed by atoms with E-state index in [1.54, 1.807) is 0 Å². The second-order valence-corrected chi connectivity index (χ2v) is 0.346. The molecule has 0 aromatic rings. The van der Waals surface area contributed by atoms with Crippen molar-refractivity contribution in [2.24, 2.45) is 0 Å². The first kappa shape index (κ1) is 37.6. The molecule has 7 nitrogen and oxygen atoms in total. The van der Waals surface area contributed by atoms with E-state index in [0.29, 0.717) is 0 Å². The maximum atomic E-state index is 7.17. The van der Waals surface area contributed by atoms with Gasteiger partial charge in [0, 0.05) is 28.4 Å². The van der Waals surface area contributed by atoms with Crippen LogP contribution in [0.4, 0.5) is 0 Å². The van der Waals surface area contributed by atoms with Crippen molar-refractivity contribution in [3.63, 3.8) is 0 Å². The minimum atomic E-state index is -2.17. The van der Waals surface area contributed by atoms with Crippen LogP contribution < -0.4 is 0 Å². The van der Waals surface area contributed by atoms with Gasteiger partial charge in [-0.1, -0.05) is 0 Å². The molecule has 0 amide bonds. The van der Waals surface area contributed by atoms with Gasteiger partial charge in [-0.2, -0.15) is 0 Å². The van der Waals surface area contributed by atoms with Gasteiger partial charge in [-0.15, -0.1) is 0 Å². The topological polar surface area (TPSA) is 142 Å². The SMILES string of the molecule is CO.CO.CO.CO.OB(O)O.[LiH]. The van der Waals surface area contributed by atoms with Crippen LogP contribution in [-0.4, -0.2) is 90.1 Å². The third-order valence-corrected chi connectivity index (χ3v) is 0. The van der Waals surface area contributed by atoms with Crippen LogP contribution in [0.1, 0.15) is 0 Å². The summed E-state index contributed by atoms with van der Waals surface area (Å²) < 4.78 is 0. The van der Waals surface area contributed by atoms with Crippen molar-refractivity contribution in [3.8, 4) is 0 Å². The van der Waals surface area contributed by atoms with Crippen molar-refractivity contribution in [2.45, 2.75) is 0 Å². The summed E-state index contributed by atoms with van der Waals surface area (Å²) in [6.07, 6.45) is 0. The molecule has 0 aromatic heterocycles. The first-order valence-corrected chi connectivity index (χ1v) is 2.56. The Labute approximate surface area is 90.6 Å². The van der Waals surface area contributed by atoms with Crippen LogP contribution in [0.2, 0.25) is 0 Å². The number of rotatable bonds is 0. The first-order valence-electron chi connectivity index (χ1n) is 2.56. The normalized spacial score (nSPS) is 3.92. The average molecular weight is 198 g/mol. The Morgan fingerprint density at radius 1 is 0.538 bits per heavy atom. The van der Waals surface area contributed by atoms with E-state index >= 15 is 0 Å². The standard InChI is InChI=1S/4CH4O.BH3O3.Li.H/c4*1-2;2-1(3)4;;/h4*2H,1H3;2-4H;;. The zero-order valence-corrected chi connectivity index (χ0v) is 7.71. The van der Waals surface area contributed by atoms with Gasteiger partial charge in [0.2, 0.25) is 0 Å². The summed E-state index contributed by atoms with van der Waals surface area (Å²) in [7, 11) is 1.83. The van der Waals surface area contributed by atoms with Gasteiger partial charge in [-0.05, 0) is 0 Å². The summed E-state index contributed by atoms with van der Waals surface area (Å²) in [5.74, 6) is 0. The van der Waals surface area contributed by atoms with Gasteiger partial charge >= 0.3 is 26.2 Å². The monoisotopic (exact) mass is 198 g/mol. The van der Waals surface area contributed by atoms with Crippen LogP contribution >= 0.6 is 0 Å². The summed E-state index contributed by atoms with van der Waals surface area (Å²) in [5, 5.41) is 49.5. The number of hydrogen-bond acceptors (Lipinski definition) is 7. The van der Waals surface area contributed by atoms with Gasteiger partial charge < -0.3 is 35.5 Å². The van der Waals surface area contributed by atoms with E-state index in [9.17, 15) is 0 Å². The Morgan fingerprint density at radius 3 is 0.538 bits per heavy atom. The third kappa shape index (κ3) is 9130. The van der Waals surface area contributed by atoms with E-state index in [1.165, 1.54) is 0 Å². The Hall–Kier alpha value is 0.382. The van der Waals surface area contributed by atoms with Crippen LogP contribution in [-0.2, 0) is 0 Å². The maximum absolute atomic E-state index is 7.17. The Kier molecular flexibility index (Phi) is 406. The average Bonchev–Trinajstić information content (AvgIpc) is 2.16. The van der Waals surface area contributed by atoms with Gasteiger partial charge in [-0.3, -0.25) is 0 Å². The van der Waals surface area contributed by atoms with Crippen molar-refractivity contribution in [2.75, 3.05) is 28.4 Å². The van der Waals surface area contributed by atoms with Gasteiger partial charge in [-0.25, -0.2) is 0 Å². The molecule has 0 aromatic carbocycles. The molecule has 0 unspecified atom stereocenters. The van der Waals surface area contributed by atoms with Gasteiger partial charge in [0.25, 0.3) is 0 Å². The van der Waals surface area contributed by atoms with Crippen LogP contribution in [0.5, 0.6) is 0 Å². The second-order valence-electron chi connectivity index (χ2n) is 0.346. The molecular formula is C4H20BLiO7. The van der Waals surface area contributed by atoms with E-state index in [-0.39, 0.29) is 18.9 Å². The van der Waals surface area contributed by atoms with Crippen LogP contribution in [0.3, 0.4) is 0 Å². The predicted molar refractivity (Wildman–Crippen MR) is 52.1 cm³/mol. The molecule has 0 bridgehead atoms. The molecular weight excluding hydrogens is 178 g/mol. The van der Waals surface area contributed by atoms with Gasteiger partial charge in [0.15, 0.2) is 0 Å². The zero-order chi connectivity index (χ0) is 11.6. The van der Waals surface area contributed by atoms with E-state index < -0.39 is 7.32 Å². The van der Waals surface area contributed by atoms with E-state index in [0.717, 1.165) is 28.4 Å². The summed E-state index contributed by atoms with van der Waals surface area (Å²) in [6, 6.07) is 0. The van der Waals surface area contributed by atoms with E-state index in [2.05, 4.69) is 0 Å². The van der Waals surface area contributed by atoms with Crippen molar-refractivity contribution in [1.29, 1.82) is 0 Å². The summed E-state index contributed by atoms with van der Waals surface area (Å²) in [4.78, 5) is 0. The molecule has 0 spiro atoms. The summed E-state index contributed by atoms with van der Waals surface area (Å²) >= 11 is 0. The van der Waals surface area contributed by atoms with Crippen molar-refractivity contribution in [1.82, 2.24) is 0 Å². The summed E-state index contributed by atoms with van der Waals surface area (Å²) in [5.41, 5.74) is 0. The van der Waals surface area contributed by atoms with E-state index in [1.807, 2.05) is 0 Å². The number of aliphatic hydroxyl groups is 4. The summed E-state index contributed by atoms with van der Waals surface area (Å²) in [6.45, 7) is 0. The van der Waals surface area contributed by atoms with Crippen LogP contribution in [0.25, 0.3) is 0 Å². The van der Waals surface area contributed by atoms with Gasteiger partial charge in [0.05, 0.1) is 0 Å². The zero-order valence-electron chi connectivity index (χ0n) is 7.71. The molecule has 0 aliphatic rings. The fraction of sp³-hybridized carbons (Fsp3) is 1.00. The van der Waals surface area contributed by atoms with Crippen LogP contribution in [0.15, 0.2) is 0 Å². The van der Waals surface area contributed by atoms with E-state index in [4.69, 9.17) is 35.5 Å². The molecule has 0 saturated heterocycles. The molecule has 7 N–H and O–H groups in total. The molecule has 13 heavy (non-hydrogen) atoms. The fourth-order valence-corrected chi connectivity index (χ4v) is 0. The molecule has 0 rings (SSSR count).